The molecule has 8 nitrogen and oxygen atoms in total. The van der Waals surface area contributed by atoms with E-state index in [1.807, 2.05) is 24.8 Å². The van der Waals surface area contributed by atoms with Crippen molar-refractivity contribution in [1.82, 2.24) is 34.3 Å². The van der Waals surface area contributed by atoms with Crippen LogP contribution in [0.5, 0.6) is 0 Å². The molecule has 0 spiro atoms. The zero-order chi connectivity index (χ0) is 19.9. The predicted molar refractivity (Wildman–Crippen MR) is 95.2 cm³/mol. The number of halogens is 3. The van der Waals surface area contributed by atoms with Gasteiger partial charge in [0.25, 0.3) is 5.78 Å². The minimum absolute atomic E-state index is 0.270. The maximum absolute atomic E-state index is 13.0. The van der Waals surface area contributed by atoms with Crippen LogP contribution in [0.15, 0.2) is 6.07 Å². The fourth-order valence-electron chi connectivity index (χ4n) is 3.43. The summed E-state index contributed by atoms with van der Waals surface area (Å²) in [6.45, 7) is 4.17. The van der Waals surface area contributed by atoms with Crippen LogP contribution in [-0.4, -0.2) is 53.6 Å². The van der Waals surface area contributed by atoms with E-state index in [0.29, 0.717) is 29.8 Å². The molecule has 11 heteroatoms. The second kappa shape index (κ2) is 7.02. The molecule has 0 aromatic carbocycles. The molecule has 4 rings (SSSR count). The van der Waals surface area contributed by atoms with E-state index in [1.165, 1.54) is 0 Å². The molecule has 0 bridgehead atoms. The molecule has 1 saturated heterocycles. The van der Waals surface area contributed by atoms with Crippen molar-refractivity contribution in [3.63, 3.8) is 0 Å². The van der Waals surface area contributed by atoms with Gasteiger partial charge >= 0.3 is 6.18 Å². The van der Waals surface area contributed by atoms with Crippen LogP contribution in [0.1, 0.15) is 35.9 Å². The van der Waals surface area contributed by atoms with Gasteiger partial charge in [0, 0.05) is 37.3 Å². The lowest BCUT2D eigenvalue weighted by molar-refractivity contribution is -0.143. The zero-order valence-electron chi connectivity index (χ0n) is 15.7. The third-order valence-corrected chi connectivity index (χ3v) is 4.69. The van der Waals surface area contributed by atoms with Crippen LogP contribution in [0.3, 0.4) is 0 Å². The zero-order valence-corrected chi connectivity index (χ0v) is 15.7. The first-order valence-electron chi connectivity index (χ1n) is 9.24. The topological polar surface area (TPSA) is 77.0 Å². The van der Waals surface area contributed by atoms with Gasteiger partial charge in [0.15, 0.2) is 5.82 Å². The highest BCUT2D eigenvalue weighted by atomic mass is 19.4. The summed E-state index contributed by atoms with van der Waals surface area (Å²) in [6, 6.07) is 1.90. The van der Waals surface area contributed by atoms with E-state index in [4.69, 9.17) is 0 Å². The summed E-state index contributed by atoms with van der Waals surface area (Å²) < 4.78 is 41.5. The molecule has 3 aromatic rings. The largest absolute Gasteiger partial charge is 0.408 e. The van der Waals surface area contributed by atoms with Crippen molar-refractivity contribution in [1.29, 1.82) is 0 Å². The van der Waals surface area contributed by atoms with Crippen molar-refractivity contribution in [3.8, 4) is 0 Å². The molecule has 0 atom stereocenters. The molecule has 0 aliphatic carbocycles. The summed E-state index contributed by atoms with van der Waals surface area (Å²) in [5.74, 6) is 1.67. The first-order chi connectivity index (χ1) is 13.3. The lowest BCUT2D eigenvalue weighted by atomic mass is 10.3. The minimum Gasteiger partial charge on any atom is -0.340 e. The van der Waals surface area contributed by atoms with Crippen molar-refractivity contribution in [3.05, 3.63) is 29.1 Å². The lowest BCUT2D eigenvalue weighted by Gasteiger charge is -2.11. The number of nitrogens with zero attached hydrogens (tertiary/aromatic N) is 8. The van der Waals surface area contributed by atoms with Gasteiger partial charge in [0.2, 0.25) is 5.95 Å². The number of fused-ring (bicyclic) bond motifs is 1. The molecule has 150 valence electrons. The van der Waals surface area contributed by atoms with Gasteiger partial charge in [-0.2, -0.15) is 23.1 Å². The molecule has 4 heterocycles. The summed E-state index contributed by atoms with van der Waals surface area (Å²) in [5, 5.41) is 8.52. The molecular weight excluding hydrogens is 373 g/mol. The molecule has 0 saturated carbocycles. The van der Waals surface area contributed by atoms with Crippen molar-refractivity contribution in [2.75, 3.05) is 18.0 Å². The highest BCUT2D eigenvalue weighted by Crippen LogP contribution is 2.22. The van der Waals surface area contributed by atoms with Gasteiger partial charge < -0.3 is 4.90 Å². The van der Waals surface area contributed by atoms with Crippen LogP contribution in [0.25, 0.3) is 5.78 Å². The fourth-order valence-corrected chi connectivity index (χ4v) is 3.43. The number of anilines is 1. The van der Waals surface area contributed by atoms with Crippen molar-refractivity contribution in [2.45, 2.75) is 52.3 Å². The van der Waals surface area contributed by atoms with Crippen LogP contribution in [0.4, 0.5) is 19.1 Å². The summed E-state index contributed by atoms with van der Waals surface area (Å²) in [7, 11) is 0. The Bertz CT molecular complexity index is 984. The summed E-state index contributed by atoms with van der Waals surface area (Å²) in [6.07, 6.45) is -1.73. The highest BCUT2D eigenvalue weighted by molar-refractivity contribution is 5.32. The van der Waals surface area contributed by atoms with Gasteiger partial charge in [0.05, 0.1) is 0 Å². The Morgan fingerprint density at radius 1 is 1.00 bits per heavy atom. The molecular formula is C17H21F3N8. The number of hydrogen-bond acceptors (Lipinski definition) is 6. The molecule has 1 fully saturated rings. The first-order valence-corrected chi connectivity index (χ1v) is 9.24. The van der Waals surface area contributed by atoms with Crippen LogP contribution in [0.2, 0.25) is 0 Å². The second-order valence-corrected chi connectivity index (χ2v) is 7.07. The van der Waals surface area contributed by atoms with Gasteiger partial charge in [-0.25, -0.2) is 14.2 Å². The lowest BCUT2D eigenvalue weighted by Crippen LogP contribution is -2.22. The monoisotopic (exact) mass is 394 g/mol. The van der Waals surface area contributed by atoms with E-state index in [9.17, 15) is 13.2 Å². The van der Waals surface area contributed by atoms with Gasteiger partial charge in [-0.3, -0.25) is 0 Å². The Morgan fingerprint density at radius 3 is 2.46 bits per heavy atom. The fraction of sp³-hybridized carbons (Fsp3) is 0.588. The number of alkyl halides is 3. The molecule has 0 N–H and O–H groups in total. The van der Waals surface area contributed by atoms with Gasteiger partial charge in [-0.05, 0) is 32.8 Å². The third-order valence-electron chi connectivity index (χ3n) is 4.69. The van der Waals surface area contributed by atoms with E-state index < -0.39 is 12.7 Å². The predicted octanol–water partition coefficient (Wildman–Crippen LogP) is 2.28. The van der Waals surface area contributed by atoms with Crippen LogP contribution < -0.4 is 4.90 Å². The highest BCUT2D eigenvalue weighted by Gasteiger charge is 2.31. The average Bonchev–Trinajstić information content (AvgIpc) is 3.30. The Hall–Kier alpha value is -2.72. The van der Waals surface area contributed by atoms with E-state index in [2.05, 4.69) is 25.1 Å². The minimum atomic E-state index is -4.36. The second-order valence-electron chi connectivity index (χ2n) is 7.07. The van der Waals surface area contributed by atoms with Crippen LogP contribution >= 0.6 is 0 Å². The quantitative estimate of drug-likeness (QED) is 0.661. The normalized spacial score (nSPS) is 15.1. The maximum Gasteiger partial charge on any atom is 0.408 e. The summed E-state index contributed by atoms with van der Waals surface area (Å²) >= 11 is 0. The molecule has 0 radical (unpaired) electrons. The van der Waals surface area contributed by atoms with Gasteiger partial charge in [0.1, 0.15) is 12.4 Å². The van der Waals surface area contributed by atoms with Gasteiger partial charge in [-0.15, -0.1) is 10.2 Å². The smallest absolute Gasteiger partial charge is 0.340 e. The molecule has 3 aromatic heterocycles. The van der Waals surface area contributed by atoms with E-state index >= 15 is 0 Å². The standard InChI is InChI=1S/C17H21F3N8/c1-11-9-12(2)28-15(21-11)22-13(24-28)5-6-14-23-16(26-7-3-4-8-26)25-27(14)10-17(18,19)20/h9H,3-8,10H2,1-2H3. The first kappa shape index (κ1) is 18.6. The molecule has 28 heavy (non-hydrogen) atoms. The number of rotatable bonds is 5. The third kappa shape index (κ3) is 3.92. The molecule has 0 amide bonds. The number of aryl methyl sites for hydroxylation is 4. The van der Waals surface area contributed by atoms with E-state index in [0.717, 1.165) is 42.0 Å². The Kier molecular flexibility index (Phi) is 4.68. The summed E-state index contributed by atoms with van der Waals surface area (Å²) in [4.78, 5) is 15.0. The maximum atomic E-state index is 13.0. The SMILES string of the molecule is Cc1cc(C)n2nc(CCc3nc(N4CCCC4)nn3CC(F)(F)F)nc2n1. The molecule has 1 aliphatic heterocycles. The van der Waals surface area contributed by atoms with Gasteiger partial charge in [-0.1, -0.05) is 0 Å². The van der Waals surface area contributed by atoms with E-state index in [-0.39, 0.29) is 6.42 Å². The average molecular weight is 394 g/mol. The Morgan fingerprint density at radius 2 is 1.75 bits per heavy atom. The Balaban J connectivity index is 1.57. The van der Waals surface area contributed by atoms with Crippen LogP contribution in [0, 0.1) is 13.8 Å². The Labute approximate surface area is 159 Å². The van der Waals surface area contributed by atoms with Crippen molar-refractivity contribution < 1.29 is 13.2 Å². The number of hydrogen-bond donors (Lipinski definition) is 0. The van der Waals surface area contributed by atoms with E-state index in [1.54, 1.807) is 4.52 Å². The van der Waals surface area contributed by atoms with Crippen LogP contribution in [-0.2, 0) is 19.4 Å². The van der Waals surface area contributed by atoms with Crippen molar-refractivity contribution in [2.24, 2.45) is 0 Å². The molecule has 0 unspecified atom stereocenters. The number of aromatic nitrogens is 7. The van der Waals surface area contributed by atoms with Crippen molar-refractivity contribution >= 4 is 11.7 Å². The summed E-state index contributed by atoms with van der Waals surface area (Å²) in [5.41, 5.74) is 1.74. The molecule has 1 aliphatic rings.